The SMILES string of the molecule is O=C(O)C1CN2CCC(CC2)CN1. The Morgan fingerprint density at radius 2 is 2.08 bits per heavy atom. The predicted molar refractivity (Wildman–Crippen MR) is 48.6 cm³/mol. The summed E-state index contributed by atoms with van der Waals surface area (Å²) < 4.78 is 0. The summed E-state index contributed by atoms with van der Waals surface area (Å²) in [7, 11) is 0. The van der Waals surface area contributed by atoms with Crippen LogP contribution < -0.4 is 5.32 Å². The standard InChI is InChI=1S/C9H16N2O2/c12-9(13)8-6-11-3-1-7(2-4-11)5-10-8/h7-8,10H,1-6H2,(H,12,13). The Balaban J connectivity index is 2.00. The molecular formula is C9H16N2O2. The van der Waals surface area contributed by atoms with Crippen LogP contribution in [0.3, 0.4) is 0 Å². The molecule has 4 nitrogen and oxygen atoms in total. The lowest BCUT2D eigenvalue weighted by atomic mass is 9.94. The Morgan fingerprint density at radius 1 is 1.38 bits per heavy atom. The van der Waals surface area contributed by atoms with Gasteiger partial charge in [0.15, 0.2) is 0 Å². The van der Waals surface area contributed by atoms with Gasteiger partial charge in [-0.05, 0) is 38.4 Å². The largest absolute Gasteiger partial charge is 0.480 e. The molecule has 2 N–H and O–H groups in total. The Kier molecular flexibility index (Phi) is 2.51. The molecule has 4 heteroatoms. The van der Waals surface area contributed by atoms with Crippen LogP contribution in [0, 0.1) is 5.92 Å². The van der Waals surface area contributed by atoms with Crippen LogP contribution in [-0.2, 0) is 4.79 Å². The van der Waals surface area contributed by atoms with Gasteiger partial charge in [-0.15, -0.1) is 0 Å². The highest BCUT2D eigenvalue weighted by Gasteiger charge is 2.28. The van der Waals surface area contributed by atoms with Crippen molar-refractivity contribution in [2.45, 2.75) is 18.9 Å². The fourth-order valence-corrected chi connectivity index (χ4v) is 2.17. The second-order valence-corrected chi connectivity index (χ2v) is 4.04. The molecule has 3 heterocycles. The molecule has 0 aromatic heterocycles. The average Bonchev–Trinajstić information content (AvgIpc) is 2.05. The minimum Gasteiger partial charge on any atom is -0.480 e. The number of piperidine rings is 1. The molecule has 0 aromatic carbocycles. The highest BCUT2D eigenvalue weighted by atomic mass is 16.4. The van der Waals surface area contributed by atoms with Crippen molar-refractivity contribution >= 4 is 5.97 Å². The fourth-order valence-electron chi connectivity index (χ4n) is 2.17. The van der Waals surface area contributed by atoms with Crippen molar-refractivity contribution in [1.82, 2.24) is 10.2 Å². The van der Waals surface area contributed by atoms with Crippen molar-refractivity contribution in [3.63, 3.8) is 0 Å². The molecule has 2 bridgehead atoms. The Bertz CT molecular complexity index is 200. The molecule has 1 atom stereocenters. The summed E-state index contributed by atoms with van der Waals surface area (Å²) in [6.45, 7) is 3.71. The molecule has 1 unspecified atom stereocenters. The Hall–Kier alpha value is -0.610. The van der Waals surface area contributed by atoms with Crippen molar-refractivity contribution < 1.29 is 9.90 Å². The molecule has 3 aliphatic heterocycles. The minimum absolute atomic E-state index is 0.358. The predicted octanol–water partition coefficient (Wildman–Crippen LogP) is -0.245. The van der Waals surface area contributed by atoms with Gasteiger partial charge >= 0.3 is 5.97 Å². The fraction of sp³-hybridized carbons (Fsp3) is 0.889. The number of rotatable bonds is 1. The maximum Gasteiger partial charge on any atom is 0.322 e. The molecular weight excluding hydrogens is 168 g/mol. The third-order valence-electron chi connectivity index (χ3n) is 3.10. The van der Waals surface area contributed by atoms with Gasteiger partial charge in [-0.1, -0.05) is 0 Å². The summed E-state index contributed by atoms with van der Waals surface area (Å²) in [4.78, 5) is 13.1. The molecule has 3 aliphatic rings. The van der Waals surface area contributed by atoms with Crippen molar-refractivity contribution in [3.8, 4) is 0 Å². The third kappa shape index (κ3) is 2.00. The zero-order valence-corrected chi connectivity index (χ0v) is 7.70. The van der Waals surface area contributed by atoms with Gasteiger partial charge in [-0.3, -0.25) is 4.79 Å². The third-order valence-corrected chi connectivity index (χ3v) is 3.10. The zero-order valence-electron chi connectivity index (χ0n) is 7.70. The number of carbonyl (C=O) groups is 1. The van der Waals surface area contributed by atoms with E-state index in [1.807, 2.05) is 0 Å². The smallest absolute Gasteiger partial charge is 0.322 e. The summed E-state index contributed by atoms with van der Waals surface area (Å²) in [5.74, 6) is -0.0223. The minimum atomic E-state index is -0.715. The highest BCUT2D eigenvalue weighted by molar-refractivity contribution is 5.73. The molecule has 0 aliphatic carbocycles. The molecule has 0 aromatic rings. The van der Waals surface area contributed by atoms with Crippen LogP contribution in [0.2, 0.25) is 0 Å². The first kappa shape index (κ1) is 8.97. The van der Waals surface area contributed by atoms with E-state index in [0.29, 0.717) is 12.5 Å². The van der Waals surface area contributed by atoms with Gasteiger partial charge < -0.3 is 15.3 Å². The van der Waals surface area contributed by atoms with Crippen molar-refractivity contribution in [3.05, 3.63) is 0 Å². The number of nitrogens with zero attached hydrogens (tertiary/aromatic N) is 1. The van der Waals surface area contributed by atoms with Crippen LogP contribution in [0.15, 0.2) is 0 Å². The van der Waals surface area contributed by atoms with Gasteiger partial charge in [-0.25, -0.2) is 0 Å². The molecule has 74 valence electrons. The molecule has 0 radical (unpaired) electrons. The lowest BCUT2D eigenvalue weighted by molar-refractivity contribution is -0.140. The molecule has 0 spiro atoms. The summed E-state index contributed by atoms with van der Waals surface area (Å²) in [5.41, 5.74) is 0. The van der Waals surface area contributed by atoms with E-state index in [9.17, 15) is 4.79 Å². The Morgan fingerprint density at radius 3 is 2.69 bits per heavy atom. The van der Waals surface area contributed by atoms with E-state index >= 15 is 0 Å². The molecule has 0 saturated carbocycles. The first-order chi connectivity index (χ1) is 6.25. The molecule has 3 saturated heterocycles. The van der Waals surface area contributed by atoms with E-state index in [-0.39, 0.29) is 6.04 Å². The van der Waals surface area contributed by atoms with Gasteiger partial charge in [0.1, 0.15) is 6.04 Å². The maximum atomic E-state index is 10.8. The number of aliphatic carboxylic acids is 1. The van der Waals surface area contributed by atoms with Gasteiger partial charge in [0.25, 0.3) is 0 Å². The van der Waals surface area contributed by atoms with E-state index in [2.05, 4.69) is 10.2 Å². The Labute approximate surface area is 77.9 Å². The van der Waals surface area contributed by atoms with Crippen LogP contribution >= 0.6 is 0 Å². The van der Waals surface area contributed by atoms with Gasteiger partial charge in [0, 0.05) is 6.54 Å². The van der Waals surface area contributed by atoms with Crippen molar-refractivity contribution in [1.29, 1.82) is 0 Å². The van der Waals surface area contributed by atoms with Crippen molar-refractivity contribution in [2.75, 3.05) is 26.2 Å². The van der Waals surface area contributed by atoms with E-state index in [1.165, 1.54) is 12.8 Å². The summed E-state index contributed by atoms with van der Waals surface area (Å²) in [6.07, 6.45) is 2.44. The molecule has 3 fully saturated rings. The number of carboxylic acid groups (broad SMARTS) is 1. The number of hydrogen-bond acceptors (Lipinski definition) is 3. The first-order valence-electron chi connectivity index (χ1n) is 4.94. The van der Waals surface area contributed by atoms with Gasteiger partial charge in [-0.2, -0.15) is 0 Å². The average molecular weight is 184 g/mol. The van der Waals surface area contributed by atoms with E-state index in [4.69, 9.17) is 5.11 Å². The van der Waals surface area contributed by atoms with Crippen LogP contribution in [0.25, 0.3) is 0 Å². The quantitative estimate of drug-likeness (QED) is 0.590. The number of fused-ring (bicyclic) bond motifs is 5. The van der Waals surface area contributed by atoms with Crippen LogP contribution in [-0.4, -0.2) is 48.2 Å². The first-order valence-corrected chi connectivity index (χ1v) is 4.94. The zero-order chi connectivity index (χ0) is 9.26. The van der Waals surface area contributed by atoms with E-state index in [0.717, 1.165) is 19.6 Å². The lowest BCUT2D eigenvalue weighted by Crippen LogP contribution is -2.53. The van der Waals surface area contributed by atoms with Gasteiger partial charge in [0.05, 0.1) is 0 Å². The van der Waals surface area contributed by atoms with Crippen LogP contribution in [0.1, 0.15) is 12.8 Å². The number of carboxylic acids is 1. The second-order valence-electron chi connectivity index (χ2n) is 4.04. The molecule has 3 rings (SSSR count). The maximum absolute atomic E-state index is 10.8. The molecule has 13 heavy (non-hydrogen) atoms. The topological polar surface area (TPSA) is 52.6 Å². The van der Waals surface area contributed by atoms with Crippen LogP contribution in [0.5, 0.6) is 0 Å². The lowest BCUT2D eigenvalue weighted by Gasteiger charge is -2.37. The highest BCUT2D eigenvalue weighted by Crippen LogP contribution is 2.18. The number of hydrogen-bond donors (Lipinski definition) is 2. The summed E-state index contributed by atoms with van der Waals surface area (Å²) >= 11 is 0. The van der Waals surface area contributed by atoms with E-state index in [1.54, 1.807) is 0 Å². The van der Waals surface area contributed by atoms with Crippen LogP contribution in [0.4, 0.5) is 0 Å². The van der Waals surface area contributed by atoms with Gasteiger partial charge in [0.2, 0.25) is 0 Å². The van der Waals surface area contributed by atoms with E-state index < -0.39 is 5.97 Å². The summed E-state index contributed by atoms with van der Waals surface area (Å²) in [6, 6.07) is -0.358. The normalized spacial score (nSPS) is 39.5. The molecule has 0 amide bonds. The number of nitrogens with one attached hydrogen (secondary N) is 1. The second kappa shape index (κ2) is 3.64. The summed E-state index contributed by atoms with van der Waals surface area (Å²) in [5, 5.41) is 12.0. The van der Waals surface area contributed by atoms with Crippen molar-refractivity contribution in [2.24, 2.45) is 5.92 Å². The monoisotopic (exact) mass is 184 g/mol.